The summed E-state index contributed by atoms with van der Waals surface area (Å²) in [6.45, 7) is 1.94. The Morgan fingerprint density at radius 3 is 2.64 bits per heavy atom. The van der Waals surface area contributed by atoms with Gasteiger partial charge < -0.3 is 10.2 Å². The van der Waals surface area contributed by atoms with Crippen LogP contribution in [-0.2, 0) is 11.2 Å². The largest absolute Gasteiger partial charge is 0.345 e. The molecule has 4 nitrogen and oxygen atoms in total. The number of benzene rings is 2. The van der Waals surface area contributed by atoms with Crippen molar-refractivity contribution in [1.29, 1.82) is 0 Å². The van der Waals surface area contributed by atoms with Gasteiger partial charge in [-0.25, -0.2) is 0 Å². The van der Waals surface area contributed by atoms with E-state index < -0.39 is 0 Å². The number of aryl methyl sites for hydroxylation is 2. The standard InChI is InChI=1S/C21H24N2O2/c1-14-11-12-16(21(25)23(2)3)13-19(14)22-20(24)18-10-6-8-15-7-4-5-9-17(15)18/h4-5,7,9,11-13,18H,6,8,10H2,1-3H3,(H,22,24). The summed E-state index contributed by atoms with van der Waals surface area (Å²) in [5.41, 5.74) is 4.63. The predicted octanol–water partition coefficient (Wildman–Crippen LogP) is 3.76. The van der Waals surface area contributed by atoms with E-state index in [9.17, 15) is 9.59 Å². The number of anilines is 1. The average Bonchev–Trinajstić information content (AvgIpc) is 2.62. The molecule has 0 bridgehead atoms. The number of carbonyl (C=O) groups is 2. The lowest BCUT2D eigenvalue weighted by molar-refractivity contribution is -0.117. The number of hydrogen-bond acceptors (Lipinski definition) is 2. The lowest BCUT2D eigenvalue weighted by Crippen LogP contribution is -2.25. The summed E-state index contributed by atoms with van der Waals surface area (Å²) in [6, 6.07) is 13.6. The first-order valence-corrected chi connectivity index (χ1v) is 8.68. The quantitative estimate of drug-likeness (QED) is 0.928. The van der Waals surface area contributed by atoms with E-state index in [0.717, 1.165) is 30.4 Å². The van der Waals surface area contributed by atoms with Crippen LogP contribution >= 0.6 is 0 Å². The van der Waals surface area contributed by atoms with Crippen molar-refractivity contribution in [1.82, 2.24) is 4.90 Å². The van der Waals surface area contributed by atoms with Crippen molar-refractivity contribution in [2.24, 2.45) is 0 Å². The fraction of sp³-hybridized carbons (Fsp3) is 0.333. The zero-order valence-electron chi connectivity index (χ0n) is 15.0. The van der Waals surface area contributed by atoms with Gasteiger partial charge >= 0.3 is 0 Å². The maximum absolute atomic E-state index is 12.9. The Labute approximate surface area is 148 Å². The number of fused-ring (bicyclic) bond motifs is 1. The molecule has 1 N–H and O–H groups in total. The van der Waals surface area contributed by atoms with Crippen LogP contribution in [0.4, 0.5) is 5.69 Å². The highest BCUT2D eigenvalue weighted by atomic mass is 16.2. The first-order valence-electron chi connectivity index (χ1n) is 8.68. The minimum Gasteiger partial charge on any atom is -0.345 e. The zero-order valence-corrected chi connectivity index (χ0v) is 15.0. The summed E-state index contributed by atoms with van der Waals surface area (Å²) in [6.07, 6.45) is 2.91. The molecule has 0 radical (unpaired) electrons. The molecule has 0 fully saturated rings. The summed E-state index contributed by atoms with van der Waals surface area (Å²) in [4.78, 5) is 26.6. The van der Waals surface area contributed by atoms with Gasteiger partial charge in [0.15, 0.2) is 0 Å². The second kappa shape index (κ2) is 7.09. The minimum atomic E-state index is -0.127. The molecule has 0 aromatic heterocycles. The van der Waals surface area contributed by atoms with Crippen LogP contribution in [0.1, 0.15) is 45.8 Å². The lowest BCUT2D eigenvalue weighted by atomic mass is 9.82. The Morgan fingerprint density at radius 1 is 1.12 bits per heavy atom. The van der Waals surface area contributed by atoms with Gasteiger partial charge in [0.2, 0.25) is 5.91 Å². The van der Waals surface area contributed by atoms with Crippen molar-refractivity contribution < 1.29 is 9.59 Å². The third kappa shape index (κ3) is 3.58. The normalized spacial score (nSPS) is 16.0. The second-order valence-corrected chi connectivity index (χ2v) is 6.86. The number of carbonyl (C=O) groups excluding carboxylic acids is 2. The molecular formula is C21H24N2O2. The summed E-state index contributed by atoms with van der Waals surface area (Å²) >= 11 is 0. The summed E-state index contributed by atoms with van der Waals surface area (Å²) in [5, 5.41) is 3.05. The van der Waals surface area contributed by atoms with E-state index in [0.29, 0.717) is 11.3 Å². The van der Waals surface area contributed by atoms with Crippen molar-refractivity contribution in [3.63, 3.8) is 0 Å². The van der Waals surface area contributed by atoms with E-state index in [1.165, 1.54) is 10.5 Å². The summed E-state index contributed by atoms with van der Waals surface area (Å²) in [7, 11) is 3.44. The highest BCUT2D eigenvalue weighted by molar-refractivity contribution is 5.99. The van der Waals surface area contributed by atoms with Gasteiger partial charge in [0.25, 0.3) is 5.91 Å². The molecule has 0 spiro atoms. The molecule has 0 aliphatic heterocycles. The number of nitrogens with one attached hydrogen (secondary N) is 1. The lowest BCUT2D eigenvalue weighted by Gasteiger charge is -2.25. The van der Waals surface area contributed by atoms with Gasteiger partial charge in [-0.05, 0) is 55.0 Å². The van der Waals surface area contributed by atoms with E-state index in [1.807, 2.05) is 25.1 Å². The molecule has 4 heteroatoms. The maximum Gasteiger partial charge on any atom is 0.253 e. The number of hydrogen-bond donors (Lipinski definition) is 1. The van der Waals surface area contributed by atoms with Crippen molar-refractivity contribution in [3.8, 4) is 0 Å². The molecule has 0 heterocycles. The van der Waals surface area contributed by atoms with E-state index in [-0.39, 0.29) is 17.7 Å². The Kier molecular flexibility index (Phi) is 4.88. The molecule has 2 aromatic carbocycles. The van der Waals surface area contributed by atoms with Gasteiger partial charge in [0.05, 0.1) is 5.92 Å². The van der Waals surface area contributed by atoms with Crippen molar-refractivity contribution in [3.05, 3.63) is 64.7 Å². The van der Waals surface area contributed by atoms with Crippen LogP contribution in [0.3, 0.4) is 0 Å². The summed E-state index contributed by atoms with van der Waals surface area (Å²) in [5.74, 6) is -0.194. The van der Waals surface area contributed by atoms with E-state index in [1.54, 1.807) is 26.2 Å². The van der Waals surface area contributed by atoms with E-state index in [4.69, 9.17) is 0 Å². The zero-order chi connectivity index (χ0) is 18.0. The molecule has 0 saturated heterocycles. The van der Waals surface area contributed by atoms with Crippen molar-refractivity contribution in [2.75, 3.05) is 19.4 Å². The molecule has 1 unspecified atom stereocenters. The molecule has 0 saturated carbocycles. The molecule has 130 valence electrons. The Bertz CT molecular complexity index is 811. The smallest absolute Gasteiger partial charge is 0.253 e. The molecule has 2 aromatic rings. The number of nitrogens with zero attached hydrogens (tertiary/aromatic N) is 1. The van der Waals surface area contributed by atoms with Gasteiger partial charge in [-0.2, -0.15) is 0 Å². The average molecular weight is 336 g/mol. The van der Waals surface area contributed by atoms with Gasteiger partial charge in [0.1, 0.15) is 0 Å². The van der Waals surface area contributed by atoms with Crippen LogP contribution in [0.15, 0.2) is 42.5 Å². The SMILES string of the molecule is Cc1ccc(C(=O)N(C)C)cc1NC(=O)C1CCCc2ccccc21. The van der Waals surface area contributed by atoms with Gasteiger partial charge in [-0.1, -0.05) is 30.3 Å². The Balaban J connectivity index is 1.84. The van der Waals surface area contributed by atoms with Crippen molar-refractivity contribution in [2.45, 2.75) is 32.1 Å². The molecular weight excluding hydrogens is 312 g/mol. The number of rotatable bonds is 3. The first-order chi connectivity index (χ1) is 12.0. The molecule has 25 heavy (non-hydrogen) atoms. The van der Waals surface area contributed by atoms with Crippen molar-refractivity contribution >= 4 is 17.5 Å². The second-order valence-electron chi connectivity index (χ2n) is 6.86. The van der Waals surface area contributed by atoms with E-state index in [2.05, 4.69) is 17.4 Å². The Hall–Kier alpha value is -2.62. The molecule has 1 aliphatic carbocycles. The predicted molar refractivity (Wildman–Crippen MR) is 99.9 cm³/mol. The van der Waals surface area contributed by atoms with Crippen LogP contribution in [-0.4, -0.2) is 30.8 Å². The van der Waals surface area contributed by atoms with Gasteiger partial charge in [-0.15, -0.1) is 0 Å². The van der Waals surface area contributed by atoms with Crippen LogP contribution < -0.4 is 5.32 Å². The molecule has 1 atom stereocenters. The monoisotopic (exact) mass is 336 g/mol. The fourth-order valence-corrected chi connectivity index (χ4v) is 3.39. The van der Waals surface area contributed by atoms with Gasteiger partial charge in [0, 0.05) is 25.3 Å². The minimum absolute atomic E-state index is 0.00435. The molecule has 2 amide bonds. The first kappa shape index (κ1) is 17.2. The van der Waals surface area contributed by atoms with Crippen LogP contribution in [0.2, 0.25) is 0 Å². The third-order valence-corrected chi connectivity index (χ3v) is 4.83. The summed E-state index contributed by atoms with van der Waals surface area (Å²) < 4.78 is 0. The Morgan fingerprint density at radius 2 is 1.88 bits per heavy atom. The molecule has 3 rings (SSSR count). The number of amides is 2. The van der Waals surface area contributed by atoms with Crippen LogP contribution in [0, 0.1) is 6.92 Å². The maximum atomic E-state index is 12.9. The van der Waals surface area contributed by atoms with Crippen LogP contribution in [0.5, 0.6) is 0 Å². The molecule has 1 aliphatic rings. The third-order valence-electron chi connectivity index (χ3n) is 4.83. The topological polar surface area (TPSA) is 49.4 Å². The van der Waals surface area contributed by atoms with Crippen LogP contribution in [0.25, 0.3) is 0 Å². The highest BCUT2D eigenvalue weighted by Crippen LogP contribution is 2.32. The fourth-order valence-electron chi connectivity index (χ4n) is 3.39. The van der Waals surface area contributed by atoms with Gasteiger partial charge in [-0.3, -0.25) is 9.59 Å². The van der Waals surface area contributed by atoms with E-state index >= 15 is 0 Å². The highest BCUT2D eigenvalue weighted by Gasteiger charge is 2.26.